The zero-order valence-corrected chi connectivity index (χ0v) is 11.6. The third-order valence-electron chi connectivity index (χ3n) is 2.67. The van der Waals surface area contributed by atoms with E-state index in [0.717, 1.165) is 17.3 Å². The van der Waals surface area contributed by atoms with E-state index in [4.69, 9.17) is 0 Å². The molecule has 0 saturated carbocycles. The molecule has 0 aliphatic carbocycles. The van der Waals surface area contributed by atoms with E-state index in [0.29, 0.717) is 12.1 Å². The van der Waals surface area contributed by atoms with Crippen LogP contribution in [0, 0.1) is 0 Å². The number of benzene rings is 1. The third-order valence-corrected chi connectivity index (χ3v) is 3.16. The molecule has 2 unspecified atom stereocenters. The SMILES string of the molecule is C=CCC(C)NC(CC)c1cccc(Br)c1. The van der Waals surface area contributed by atoms with Crippen LogP contribution >= 0.6 is 15.9 Å². The van der Waals surface area contributed by atoms with E-state index >= 15 is 0 Å². The van der Waals surface area contributed by atoms with Gasteiger partial charge in [-0.05, 0) is 37.5 Å². The summed E-state index contributed by atoms with van der Waals surface area (Å²) in [6.45, 7) is 8.18. The molecule has 2 atom stereocenters. The molecule has 0 heterocycles. The Hall–Kier alpha value is -0.600. The Morgan fingerprint density at radius 3 is 2.81 bits per heavy atom. The first-order valence-corrected chi connectivity index (χ1v) is 6.59. The summed E-state index contributed by atoms with van der Waals surface area (Å²) in [6, 6.07) is 9.40. The molecule has 0 radical (unpaired) electrons. The van der Waals surface area contributed by atoms with Crippen molar-refractivity contribution < 1.29 is 0 Å². The summed E-state index contributed by atoms with van der Waals surface area (Å²) < 4.78 is 1.14. The van der Waals surface area contributed by atoms with Crippen LogP contribution in [0.4, 0.5) is 0 Å². The van der Waals surface area contributed by atoms with Crippen molar-refractivity contribution in [2.45, 2.75) is 38.8 Å². The first-order chi connectivity index (χ1) is 7.67. The second kappa shape index (κ2) is 6.87. The van der Waals surface area contributed by atoms with Crippen LogP contribution in [-0.2, 0) is 0 Å². The Balaban J connectivity index is 2.70. The number of hydrogen-bond donors (Lipinski definition) is 1. The molecule has 1 rings (SSSR count). The molecule has 0 aliphatic heterocycles. The van der Waals surface area contributed by atoms with E-state index in [1.807, 2.05) is 6.08 Å². The lowest BCUT2D eigenvalue weighted by atomic mass is 10.0. The molecular weight excluding hydrogens is 262 g/mol. The van der Waals surface area contributed by atoms with Crippen molar-refractivity contribution in [2.75, 3.05) is 0 Å². The van der Waals surface area contributed by atoms with Gasteiger partial charge in [-0.15, -0.1) is 6.58 Å². The van der Waals surface area contributed by atoms with Crippen molar-refractivity contribution in [3.63, 3.8) is 0 Å². The van der Waals surface area contributed by atoms with Gasteiger partial charge in [-0.2, -0.15) is 0 Å². The van der Waals surface area contributed by atoms with Gasteiger partial charge in [0.2, 0.25) is 0 Å². The molecule has 1 N–H and O–H groups in total. The Labute approximate surface area is 107 Å². The van der Waals surface area contributed by atoms with Crippen LogP contribution < -0.4 is 5.32 Å². The minimum Gasteiger partial charge on any atom is -0.307 e. The van der Waals surface area contributed by atoms with Crippen molar-refractivity contribution in [2.24, 2.45) is 0 Å². The van der Waals surface area contributed by atoms with Crippen LogP contribution in [0.2, 0.25) is 0 Å². The van der Waals surface area contributed by atoms with Gasteiger partial charge in [0.15, 0.2) is 0 Å². The zero-order valence-electron chi connectivity index (χ0n) is 10.0. The largest absolute Gasteiger partial charge is 0.307 e. The van der Waals surface area contributed by atoms with Crippen molar-refractivity contribution >= 4 is 15.9 Å². The molecule has 88 valence electrons. The maximum atomic E-state index is 3.77. The number of nitrogens with one attached hydrogen (secondary N) is 1. The second-order valence-corrected chi connectivity index (χ2v) is 5.02. The fourth-order valence-corrected chi connectivity index (χ4v) is 2.25. The van der Waals surface area contributed by atoms with Crippen LogP contribution in [0.5, 0.6) is 0 Å². The van der Waals surface area contributed by atoms with Crippen molar-refractivity contribution in [1.82, 2.24) is 5.32 Å². The first-order valence-electron chi connectivity index (χ1n) is 5.79. The van der Waals surface area contributed by atoms with Gasteiger partial charge in [-0.3, -0.25) is 0 Å². The van der Waals surface area contributed by atoms with E-state index in [1.54, 1.807) is 0 Å². The Bertz CT molecular complexity index is 335. The van der Waals surface area contributed by atoms with Gasteiger partial charge in [0.25, 0.3) is 0 Å². The van der Waals surface area contributed by atoms with E-state index in [2.05, 4.69) is 65.9 Å². The standard InChI is InChI=1S/C14H20BrN/c1-4-7-11(3)16-14(5-2)12-8-6-9-13(15)10-12/h4,6,8-11,14,16H,1,5,7H2,2-3H3. The molecule has 0 amide bonds. The molecule has 1 aromatic carbocycles. The molecule has 0 bridgehead atoms. The summed E-state index contributed by atoms with van der Waals surface area (Å²) >= 11 is 3.51. The Kier molecular flexibility index (Phi) is 5.78. The van der Waals surface area contributed by atoms with Gasteiger partial charge in [0.05, 0.1) is 0 Å². The Morgan fingerprint density at radius 2 is 2.25 bits per heavy atom. The van der Waals surface area contributed by atoms with Gasteiger partial charge in [-0.1, -0.05) is 41.1 Å². The van der Waals surface area contributed by atoms with Gasteiger partial charge < -0.3 is 5.32 Å². The minimum absolute atomic E-state index is 0.424. The van der Waals surface area contributed by atoms with E-state index in [9.17, 15) is 0 Å². The van der Waals surface area contributed by atoms with E-state index in [-0.39, 0.29) is 0 Å². The lowest BCUT2D eigenvalue weighted by Crippen LogP contribution is -2.29. The monoisotopic (exact) mass is 281 g/mol. The summed E-state index contributed by atoms with van der Waals surface area (Å²) in [5, 5.41) is 3.62. The Morgan fingerprint density at radius 1 is 1.50 bits per heavy atom. The smallest absolute Gasteiger partial charge is 0.0320 e. The molecule has 0 fully saturated rings. The molecule has 1 aromatic rings. The summed E-state index contributed by atoms with van der Waals surface area (Å²) in [5.41, 5.74) is 1.34. The molecule has 0 aromatic heterocycles. The van der Waals surface area contributed by atoms with Crippen molar-refractivity contribution in [3.05, 3.63) is 47.0 Å². The third kappa shape index (κ3) is 4.11. The van der Waals surface area contributed by atoms with E-state index < -0.39 is 0 Å². The molecule has 1 nitrogen and oxygen atoms in total. The van der Waals surface area contributed by atoms with Gasteiger partial charge in [-0.25, -0.2) is 0 Å². The summed E-state index contributed by atoms with van der Waals surface area (Å²) in [5.74, 6) is 0. The zero-order chi connectivity index (χ0) is 12.0. The van der Waals surface area contributed by atoms with Crippen molar-refractivity contribution in [3.8, 4) is 0 Å². The quantitative estimate of drug-likeness (QED) is 0.760. The van der Waals surface area contributed by atoms with Crippen LogP contribution in [0.15, 0.2) is 41.4 Å². The number of hydrogen-bond acceptors (Lipinski definition) is 1. The van der Waals surface area contributed by atoms with Crippen LogP contribution in [0.1, 0.15) is 38.3 Å². The van der Waals surface area contributed by atoms with Gasteiger partial charge in [0, 0.05) is 16.6 Å². The number of halogens is 1. The average Bonchev–Trinajstić information content (AvgIpc) is 2.26. The molecule has 16 heavy (non-hydrogen) atoms. The normalized spacial score (nSPS) is 14.4. The molecule has 0 spiro atoms. The first kappa shape index (κ1) is 13.5. The van der Waals surface area contributed by atoms with Crippen molar-refractivity contribution in [1.29, 1.82) is 0 Å². The maximum absolute atomic E-state index is 3.77. The van der Waals surface area contributed by atoms with Crippen LogP contribution in [0.25, 0.3) is 0 Å². The topological polar surface area (TPSA) is 12.0 Å². The minimum atomic E-state index is 0.424. The van der Waals surface area contributed by atoms with Crippen LogP contribution in [0.3, 0.4) is 0 Å². The predicted octanol–water partition coefficient (Wildman–Crippen LogP) is 4.45. The molecule has 0 saturated heterocycles. The molecule has 0 aliphatic rings. The number of rotatable bonds is 6. The highest BCUT2D eigenvalue weighted by molar-refractivity contribution is 9.10. The summed E-state index contributed by atoms with van der Waals surface area (Å²) in [6.07, 6.45) is 4.06. The summed E-state index contributed by atoms with van der Waals surface area (Å²) in [7, 11) is 0. The summed E-state index contributed by atoms with van der Waals surface area (Å²) in [4.78, 5) is 0. The highest BCUT2D eigenvalue weighted by Gasteiger charge is 2.11. The highest BCUT2D eigenvalue weighted by atomic mass is 79.9. The molecule has 2 heteroatoms. The second-order valence-electron chi connectivity index (χ2n) is 4.11. The lowest BCUT2D eigenvalue weighted by Gasteiger charge is -2.22. The van der Waals surface area contributed by atoms with Gasteiger partial charge >= 0.3 is 0 Å². The van der Waals surface area contributed by atoms with E-state index in [1.165, 1.54) is 5.56 Å². The highest BCUT2D eigenvalue weighted by Crippen LogP contribution is 2.21. The predicted molar refractivity (Wildman–Crippen MR) is 74.6 cm³/mol. The van der Waals surface area contributed by atoms with Crippen LogP contribution in [-0.4, -0.2) is 6.04 Å². The molecular formula is C14H20BrN. The fraction of sp³-hybridized carbons (Fsp3) is 0.429. The fourth-order valence-electron chi connectivity index (χ4n) is 1.83. The average molecular weight is 282 g/mol. The lowest BCUT2D eigenvalue weighted by molar-refractivity contribution is 0.447. The maximum Gasteiger partial charge on any atom is 0.0320 e. The van der Waals surface area contributed by atoms with Gasteiger partial charge in [0.1, 0.15) is 0 Å².